The lowest BCUT2D eigenvalue weighted by Crippen LogP contribution is -1.94. The van der Waals surface area contributed by atoms with E-state index in [4.69, 9.17) is 5.11 Å². The zero-order valence-corrected chi connectivity index (χ0v) is 7.91. The monoisotopic (exact) mass is 241 g/mol. The van der Waals surface area contributed by atoms with Gasteiger partial charge in [-0.25, -0.2) is 9.59 Å². The molecule has 13 heavy (non-hydrogen) atoms. The number of hydrogen-bond donors (Lipinski definition) is 1. The summed E-state index contributed by atoms with van der Waals surface area (Å²) in [7, 11) is 0. The lowest BCUT2D eigenvalue weighted by molar-refractivity contribution is 0.0697. The number of carbonyl (C=O) groups is 1. The van der Waals surface area contributed by atoms with Gasteiger partial charge in [0.15, 0.2) is 0 Å². The second-order valence-electron chi connectivity index (χ2n) is 2.17. The molecule has 0 saturated carbocycles. The van der Waals surface area contributed by atoms with Crippen LogP contribution in [0.5, 0.6) is 0 Å². The van der Waals surface area contributed by atoms with Gasteiger partial charge in [0.1, 0.15) is 0 Å². The SMILES string of the molecule is O=C=Nc1ccc(C(=O)O)cc1Br. The number of aromatic carboxylic acids is 1. The van der Waals surface area contributed by atoms with E-state index in [1.54, 1.807) is 0 Å². The summed E-state index contributed by atoms with van der Waals surface area (Å²) in [5.41, 5.74) is 0.497. The Bertz CT molecular complexity index is 396. The van der Waals surface area contributed by atoms with E-state index in [1.165, 1.54) is 24.3 Å². The average molecular weight is 242 g/mol. The average Bonchev–Trinajstić information content (AvgIpc) is 2.08. The predicted octanol–water partition coefficient (Wildman–Crippen LogP) is 2.11. The van der Waals surface area contributed by atoms with Gasteiger partial charge in [-0.1, -0.05) is 0 Å². The van der Waals surface area contributed by atoms with Gasteiger partial charge in [0.2, 0.25) is 6.08 Å². The second-order valence-corrected chi connectivity index (χ2v) is 3.03. The molecule has 0 aromatic heterocycles. The summed E-state index contributed by atoms with van der Waals surface area (Å²) in [5, 5.41) is 8.60. The van der Waals surface area contributed by atoms with E-state index in [-0.39, 0.29) is 5.56 Å². The fraction of sp³-hybridized carbons (Fsp3) is 0. The first kappa shape index (κ1) is 9.64. The third kappa shape index (κ3) is 2.24. The van der Waals surface area contributed by atoms with Crippen LogP contribution in [0, 0.1) is 0 Å². The molecule has 0 radical (unpaired) electrons. The molecule has 0 bridgehead atoms. The van der Waals surface area contributed by atoms with E-state index < -0.39 is 5.97 Å². The Morgan fingerprint density at radius 1 is 1.54 bits per heavy atom. The van der Waals surface area contributed by atoms with Gasteiger partial charge < -0.3 is 5.11 Å². The second kappa shape index (κ2) is 3.98. The van der Waals surface area contributed by atoms with Crippen molar-refractivity contribution in [2.45, 2.75) is 0 Å². The molecule has 0 amide bonds. The first-order chi connectivity index (χ1) is 6.15. The maximum Gasteiger partial charge on any atom is 0.335 e. The van der Waals surface area contributed by atoms with Crippen molar-refractivity contribution in [1.82, 2.24) is 0 Å². The van der Waals surface area contributed by atoms with Crippen molar-refractivity contribution in [2.24, 2.45) is 4.99 Å². The smallest absolute Gasteiger partial charge is 0.335 e. The van der Waals surface area contributed by atoms with Crippen LogP contribution in [0.15, 0.2) is 27.7 Å². The number of carbonyl (C=O) groups excluding carboxylic acids is 1. The number of rotatable bonds is 2. The first-order valence-corrected chi connectivity index (χ1v) is 4.05. The highest BCUT2D eigenvalue weighted by atomic mass is 79.9. The fourth-order valence-electron chi connectivity index (χ4n) is 0.780. The zero-order valence-electron chi connectivity index (χ0n) is 6.32. The Morgan fingerprint density at radius 3 is 2.69 bits per heavy atom. The van der Waals surface area contributed by atoms with Gasteiger partial charge in [0.25, 0.3) is 0 Å². The summed E-state index contributed by atoms with van der Waals surface area (Å²) in [4.78, 5) is 23.8. The highest BCUT2D eigenvalue weighted by molar-refractivity contribution is 9.10. The van der Waals surface area contributed by atoms with E-state index in [0.717, 1.165) is 0 Å². The molecule has 1 N–H and O–H groups in total. The molecule has 0 aliphatic rings. The number of aliphatic imine (C=N–C) groups is 1. The Balaban J connectivity index is 3.19. The maximum atomic E-state index is 10.5. The van der Waals surface area contributed by atoms with Crippen LogP contribution in [0.25, 0.3) is 0 Å². The van der Waals surface area contributed by atoms with Crippen molar-refractivity contribution < 1.29 is 14.7 Å². The van der Waals surface area contributed by atoms with Crippen LogP contribution < -0.4 is 0 Å². The van der Waals surface area contributed by atoms with Crippen LogP contribution in [0.3, 0.4) is 0 Å². The standard InChI is InChI=1S/C8H4BrNO3/c9-6-3-5(8(12)13)1-2-7(6)10-4-11/h1-3H,(H,12,13). The maximum absolute atomic E-state index is 10.5. The molecular formula is C8H4BrNO3. The molecular weight excluding hydrogens is 238 g/mol. The van der Waals surface area contributed by atoms with Crippen molar-refractivity contribution >= 4 is 33.7 Å². The van der Waals surface area contributed by atoms with Gasteiger partial charge in [-0.15, -0.1) is 0 Å². The van der Waals surface area contributed by atoms with Crippen LogP contribution in [0.1, 0.15) is 10.4 Å². The van der Waals surface area contributed by atoms with Crippen molar-refractivity contribution in [3.05, 3.63) is 28.2 Å². The molecule has 0 aliphatic carbocycles. The minimum Gasteiger partial charge on any atom is -0.478 e. The Labute approximate surface area is 82.0 Å². The Kier molecular flexibility index (Phi) is 2.95. The molecule has 0 atom stereocenters. The van der Waals surface area contributed by atoms with Crippen LogP contribution in [0.2, 0.25) is 0 Å². The fourth-order valence-corrected chi connectivity index (χ4v) is 1.25. The minimum atomic E-state index is -1.03. The van der Waals surface area contributed by atoms with Gasteiger partial charge in [0.05, 0.1) is 11.3 Å². The summed E-state index contributed by atoms with van der Waals surface area (Å²) in [6, 6.07) is 4.17. The van der Waals surface area contributed by atoms with Crippen LogP contribution in [-0.2, 0) is 4.79 Å². The van der Waals surface area contributed by atoms with Crippen molar-refractivity contribution in [3.8, 4) is 0 Å². The lowest BCUT2D eigenvalue weighted by atomic mass is 10.2. The molecule has 0 unspecified atom stereocenters. The highest BCUT2D eigenvalue weighted by Gasteiger charge is 2.05. The molecule has 1 rings (SSSR count). The Morgan fingerprint density at radius 2 is 2.23 bits per heavy atom. The molecule has 0 fully saturated rings. The predicted molar refractivity (Wildman–Crippen MR) is 48.9 cm³/mol. The summed E-state index contributed by atoms with van der Waals surface area (Å²) < 4.78 is 0.454. The molecule has 0 saturated heterocycles. The molecule has 0 aliphatic heterocycles. The number of isocyanates is 1. The van der Waals surface area contributed by atoms with Crippen molar-refractivity contribution in [3.63, 3.8) is 0 Å². The third-order valence-electron chi connectivity index (χ3n) is 1.36. The van der Waals surface area contributed by atoms with Crippen LogP contribution >= 0.6 is 15.9 Å². The van der Waals surface area contributed by atoms with E-state index in [1.807, 2.05) is 0 Å². The number of hydrogen-bond acceptors (Lipinski definition) is 3. The number of nitrogens with zero attached hydrogens (tertiary/aromatic N) is 1. The zero-order chi connectivity index (χ0) is 9.84. The topological polar surface area (TPSA) is 66.7 Å². The van der Waals surface area contributed by atoms with E-state index in [9.17, 15) is 9.59 Å². The number of carboxylic acids is 1. The van der Waals surface area contributed by atoms with Crippen LogP contribution in [0.4, 0.5) is 5.69 Å². The van der Waals surface area contributed by atoms with Gasteiger partial charge in [0, 0.05) is 4.47 Å². The Hall–Kier alpha value is -1.45. The minimum absolute atomic E-state index is 0.136. The van der Waals surface area contributed by atoms with E-state index in [0.29, 0.717) is 10.2 Å². The summed E-state index contributed by atoms with van der Waals surface area (Å²) in [6.07, 6.45) is 1.37. The largest absolute Gasteiger partial charge is 0.478 e. The molecule has 1 aromatic rings. The van der Waals surface area contributed by atoms with Gasteiger partial charge in [-0.3, -0.25) is 0 Å². The van der Waals surface area contributed by atoms with Crippen LogP contribution in [-0.4, -0.2) is 17.2 Å². The van der Waals surface area contributed by atoms with Crippen molar-refractivity contribution in [1.29, 1.82) is 0 Å². The normalized spacial score (nSPS) is 9.00. The summed E-state index contributed by atoms with van der Waals surface area (Å²) in [6.45, 7) is 0. The highest BCUT2D eigenvalue weighted by Crippen LogP contribution is 2.25. The van der Waals surface area contributed by atoms with E-state index >= 15 is 0 Å². The molecule has 0 heterocycles. The molecule has 5 heteroatoms. The molecule has 1 aromatic carbocycles. The number of halogens is 1. The lowest BCUT2D eigenvalue weighted by Gasteiger charge is -1.97. The number of benzene rings is 1. The molecule has 0 spiro atoms. The van der Waals surface area contributed by atoms with Crippen molar-refractivity contribution in [2.75, 3.05) is 0 Å². The summed E-state index contributed by atoms with van der Waals surface area (Å²) in [5.74, 6) is -1.03. The molecule has 66 valence electrons. The third-order valence-corrected chi connectivity index (χ3v) is 2.00. The molecule has 4 nitrogen and oxygen atoms in total. The summed E-state index contributed by atoms with van der Waals surface area (Å²) >= 11 is 3.08. The van der Waals surface area contributed by atoms with E-state index in [2.05, 4.69) is 20.9 Å². The van der Waals surface area contributed by atoms with Gasteiger partial charge >= 0.3 is 5.97 Å². The van der Waals surface area contributed by atoms with Gasteiger partial charge in [-0.05, 0) is 34.1 Å². The quantitative estimate of drug-likeness (QED) is 0.637. The first-order valence-electron chi connectivity index (χ1n) is 3.26. The number of carboxylic acid groups (broad SMARTS) is 1. The van der Waals surface area contributed by atoms with Gasteiger partial charge in [-0.2, -0.15) is 4.99 Å².